The number of amides is 3. The van der Waals surface area contributed by atoms with Gasteiger partial charge in [-0.25, -0.2) is 9.69 Å². The molecule has 1 aliphatic rings. The Morgan fingerprint density at radius 3 is 2.15 bits per heavy atom. The van der Waals surface area contributed by atoms with E-state index in [1.54, 1.807) is 60.7 Å². The van der Waals surface area contributed by atoms with Gasteiger partial charge in [-0.2, -0.15) is 0 Å². The third-order valence-corrected chi connectivity index (χ3v) is 5.36. The number of halogens is 1. The molecule has 1 heterocycles. The van der Waals surface area contributed by atoms with Crippen molar-refractivity contribution in [2.45, 2.75) is 0 Å². The SMILES string of the molecule is O=C(OCN1C(=O)c2ccccc2C1=O)/C(=C/c1ccccc1)NC(=O)c1cccc(Br)c1. The minimum Gasteiger partial charge on any atom is -0.439 e. The van der Waals surface area contributed by atoms with Crippen molar-refractivity contribution in [2.24, 2.45) is 0 Å². The fourth-order valence-corrected chi connectivity index (χ4v) is 3.64. The molecule has 0 unspecified atom stereocenters. The van der Waals surface area contributed by atoms with Crippen molar-refractivity contribution in [1.82, 2.24) is 10.2 Å². The van der Waals surface area contributed by atoms with E-state index in [2.05, 4.69) is 21.2 Å². The maximum absolute atomic E-state index is 12.9. The van der Waals surface area contributed by atoms with E-state index < -0.39 is 30.4 Å². The molecule has 0 spiro atoms. The van der Waals surface area contributed by atoms with Gasteiger partial charge in [-0.1, -0.05) is 64.5 Å². The molecular weight excluding hydrogens is 488 g/mol. The number of fused-ring (bicyclic) bond motifs is 1. The summed E-state index contributed by atoms with van der Waals surface area (Å²) in [4.78, 5) is 51.4. The summed E-state index contributed by atoms with van der Waals surface area (Å²) in [7, 11) is 0. The van der Waals surface area contributed by atoms with Crippen molar-refractivity contribution in [3.8, 4) is 0 Å². The minimum absolute atomic E-state index is 0.136. The normalized spacial score (nSPS) is 13.0. The monoisotopic (exact) mass is 504 g/mol. The average Bonchev–Trinajstić information content (AvgIpc) is 3.07. The molecule has 1 N–H and O–H groups in total. The minimum atomic E-state index is -0.890. The van der Waals surface area contributed by atoms with Crippen molar-refractivity contribution in [1.29, 1.82) is 0 Å². The predicted molar refractivity (Wildman–Crippen MR) is 124 cm³/mol. The van der Waals surface area contributed by atoms with Gasteiger partial charge in [0.2, 0.25) is 0 Å². The molecule has 33 heavy (non-hydrogen) atoms. The zero-order valence-corrected chi connectivity index (χ0v) is 18.7. The molecule has 0 radical (unpaired) electrons. The van der Waals surface area contributed by atoms with E-state index >= 15 is 0 Å². The quantitative estimate of drug-likeness (QED) is 0.311. The zero-order valence-electron chi connectivity index (χ0n) is 17.2. The standard InChI is InChI=1S/C25H17BrN2O5/c26-18-10-6-9-17(14-18)22(29)27-21(13-16-7-2-1-3-8-16)25(32)33-15-28-23(30)19-11-4-5-12-20(19)24(28)31/h1-14H,15H2,(H,27,29)/b21-13-. The summed E-state index contributed by atoms with van der Waals surface area (Å²) in [6, 6.07) is 21.9. The number of hydrogen-bond acceptors (Lipinski definition) is 5. The zero-order chi connectivity index (χ0) is 23.4. The van der Waals surface area contributed by atoms with E-state index in [9.17, 15) is 19.2 Å². The number of nitrogens with zero attached hydrogens (tertiary/aromatic N) is 1. The Morgan fingerprint density at radius 1 is 0.879 bits per heavy atom. The predicted octanol–water partition coefficient (Wildman–Crippen LogP) is 4.02. The molecule has 0 saturated carbocycles. The van der Waals surface area contributed by atoms with Gasteiger partial charge in [-0.05, 0) is 42.0 Å². The summed E-state index contributed by atoms with van der Waals surface area (Å²) in [6.07, 6.45) is 1.46. The lowest BCUT2D eigenvalue weighted by molar-refractivity contribution is -0.141. The molecule has 0 fully saturated rings. The average molecular weight is 505 g/mol. The second kappa shape index (κ2) is 9.62. The van der Waals surface area contributed by atoms with Crippen LogP contribution in [0.4, 0.5) is 0 Å². The number of rotatable bonds is 6. The molecular formula is C25H17BrN2O5. The Balaban J connectivity index is 1.53. The lowest BCUT2D eigenvalue weighted by atomic mass is 10.1. The van der Waals surface area contributed by atoms with Gasteiger partial charge in [-0.3, -0.25) is 14.4 Å². The fourth-order valence-electron chi connectivity index (χ4n) is 3.24. The first-order chi connectivity index (χ1) is 15.9. The number of ether oxygens (including phenoxy) is 1. The van der Waals surface area contributed by atoms with Crippen LogP contribution < -0.4 is 5.32 Å². The van der Waals surface area contributed by atoms with Crippen LogP contribution in [0.1, 0.15) is 36.6 Å². The van der Waals surface area contributed by atoms with Crippen molar-refractivity contribution < 1.29 is 23.9 Å². The summed E-state index contributed by atoms with van der Waals surface area (Å²) in [5.41, 5.74) is 1.35. The number of benzene rings is 3. The molecule has 1 aliphatic heterocycles. The van der Waals surface area contributed by atoms with E-state index in [4.69, 9.17) is 4.74 Å². The number of nitrogens with one attached hydrogen (secondary N) is 1. The van der Waals surface area contributed by atoms with E-state index in [0.717, 1.165) is 4.90 Å². The second-order valence-electron chi connectivity index (χ2n) is 7.08. The van der Waals surface area contributed by atoms with Crippen LogP contribution in [0.15, 0.2) is 89.0 Å². The van der Waals surface area contributed by atoms with E-state index in [1.807, 2.05) is 6.07 Å². The number of esters is 1. The van der Waals surface area contributed by atoms with Gasteiger partial charge in [0.25, 0.3) is 17.7 Å². The van der Waals surface area contributed by atoms with Crippen LogP contribution in [0.5, 0.6) is 0 Å². The molecule has 0 atom stereocenters. The Kier molecular flexibility index (Phi) is 6.46. The molecule has 3 amide bonds. The first-order valence-electron chi connectivity index (χ1n) is 9.90. The number of carbonyl (C=O) groups is 4. The molecule has 8 heteroatoms. The smallest absolute Gasteiger partial charge is 0.356 e. The molecule has 164 valence electrons. The van der Waals surface area contributed by atoms with Crippen LogP contribution in [0.3, 0.4) is 0 Å². The van der Waals surface area contributed by atoms with Gasteiger partial charge < -0.3 is 10.1 Å². The van der Waals surface area contributed by atoms with Crippen molar-refractivity contribution in [2.75, 3.05) is 6.73 Å². The van der Waals surface area contributed by atoms with Crippen molar-refractivity contribution >= 4 is 45.7 Å². The van der Waals surface area contributed by atoms with Crippen LogP contribution in [0, 0.1) is 0 Å². The molecule has 7 nitrogen and oxygen atoms in total. The molecule has 3 aromatic carbocycles. The third kappa shape index (κ3) is 4.91. The van der Waals surface area contributed by atoms with Crippen LogP contribution in [-0.4, -0.2) is 35.3 Å². The lowest BCUT2D eigenvalue weighted by Crippen LogP contribution is -2.35. The maximum Gasteiger partial charge on any atom is 0.356 e. The number of imide groups is 1. The van der Waals surface area contributed by atoms with Gasteiger partial charge in [0, 0.05) is 10.0 Å². The Morgan fingerprint density at radius 2 is 1.52 bits per heavy atom. The highest BCUT2D eigenvalue weighted by Crippen LogP contribution is 2.22. The summed E-state index contributed by atoms with van der Waals surface area (Å²) >= 11 is 3.31. The molecule has 0 saturated heterocycles. The highest BCUT2D eigenvalue weighted by molar-refractivity contribution is 9.10. The van der Waals surface area contributed by atoms with Gasteiger partial charge in [-0.15, -0.1) is 0 Å². The van der Waals surface area contributed by atoms with Crippen molar-refractivity contribution in [3.63, 3.8) is 0 Å². The summed E-state index contributed by atoms with van der Waals surface area (Å²) in [5.74, 6) is -2.50. The lowest BCUT2D eigenvalue weighted by Gasteiger charge is -2.15. The first-order valence-corrected chi connectivity index (χ1v) is 10.7. The van der Waals surface area contributed by atoms with E-state index in [0.29, 0.717) is 15.6 Å². The summed E-state index contributed by atoms with van der Waals surface area (Å²) < 4.78 is 5.95. The first kappa shape index (κ1) is 22.2. The summed E-state index contributed by atoms with van der Waals surface area (Å²) in [6.45, 7) is -0.579. The molecule has 0 bridgehead atoms. The highest BCUT2D eigenvalue weighted by atomic mass is 79.9. The van der Waals surface area contributed by atoms with E-state index in [-0.39, 0.29) is 16.8 Å². The van der Waals surface area contributed by atoms with Crippen LogP contribution in [-0.2, 0) is 9.53 Å². The molecule has 3 aromatic rings. The van der Waals surface area contributed by atoms with E-state index in [1.165, 1.54) is 18.2 Å². The van der Waals surface area contributed by atoms with Crippen LogP contribution in [0.2, 0.25) is 0 Å². The Hall–Kier alpha value is -4.04. The van der Waals surface area contributed by atoms with Crippen LogP contribution >= 0.6 is 15.9 Å². The topological polar surface area (TPSA) is 92.8 Å². The van der Waals surface area contributed by atoms with Gasteiger partial charge >= 0.3 is 5.97 Å². The Labute approximate surface area is 197 Å². The van der Waals surface area contributed by atoms with Gasteiger partial charge in [0.1, 0.15) is 5.70 Å². The Bertz CT molecular complexity index is 1250. The van der Waals surface area contributed by atoms with Crippen molar-refractivity contribution in [3.05, 3.63) is 111 Å². The maximum atomic E-state index is 12.9. The third-order valence-electron chi connectivity index (χ3n) is 4.87. The van der Waals surface area contributed by atoms with Crippen LogP contribution in [0.25, 0.3) is 6.08 Å². The van der Waals surface area contributed by atoms with Gasteiger partial charge in [0.15, 0.2) is 6.73 Å². The highest BCUT2D eigenvalue weighted by Gasteiger charge is 2.36. The number of hydrogen-bond donors (Lipinski definition) is 1. The molecule has 0 aromatic heterocycles. The second-order valence-corrected chi connectivity index (χ2v) is 7.99. The fraction of sp³-hybridized carbons (Fsp3) is 0.0400. The largest absolute Gasteiger partial charge is 0.439 e. The van der Waals surface area contributed by atoms with Gasteiger partial charge in [0.05, 0.1) is 11.1 Å². The molecule has 4 rings (SSSR count). The molecule has 0 aliphatic carbocycles. The number of carbonyl (C=O) groups excluding carboxylic acids is 4. The summed E-state index contributed by atoms with van der Waals surface area (Å²) in [5, 5.41) is 2.56.